The third kappa shape index (κ3) is 3.71. The lowest BCUT2D eigenvalue weighted by Crippen LogP contribution is -1.98. The van der Waals surface area contributed by atoms with Gasteiger partial charge in [-0.15, -0.1) is 0 Å². The molecule has 3 heterocycles. The lowest BCUT2D eigenvalue weighted by molar-refractivity contribution is 0.490. The van der Waals surface area contributed by atoms with Crippen LogP contribution in [0.5, 0.6) is 0 Å². The molecule has 0 atom stereocenters. The molecule has 0 unspecified atom stereocenters. The zero-order valence-electron chi connectivity index (χ0n) is 16.9. The van der Waals surface area contributed by atoms with Gasteiger partial charge in [0.15, 0.2) is 11.6 Å². The topological polar surface area (TPSA) is 67.3 Å². The van der Waals surface area contributed by atoms with Crippen molar-refractivity contribution in [1.29, 1.82) is 0 Å². The van der Waals surface area contributed by atoms with E-state index in [1.165, 1.54) is 0 Å². The molecule has 0 fully saturated rings. The fourth-order valence-corrected chi connectivity index (χ4v) is 3.57. The molecule has 0 aliphatic heterocycles. The van der Waals surface area contributed by atoms with Crippen LogP contribution in [0.2, 0.25) is 0 Å². The number of rotatable bonds is 4. The zero-order chi connectivity index (χ0) is 22.2. The molecule has 1 N–H and O–H groups in total. The van der Waals surface area contributed by atoms with Crippen molar-refractivity contribution in [2.75, 3.05) is 0 Å². The van der Waals surface area contributed by atoms with Crippen LogP contribution in [0.1, 0.15) is 17.1 Å². The molecule has 0 saturated carbocycles. The minimum atomic E-state index is -1.23. The Morgan fingerprint density at radius 2 is 1.59 bits per heavy atom. The summed E-state index contributed by atoms with van der Waals surface area (Å²) >= 11 is 0. The molecule has 3 aromatic heterocycles. The number of hydrogen-bond acceptors (Lipinski definition) is 4. The van der Waals surface area contributed by atoms with Gasteiger partial charge in [-0.3, -0.25) is 15.0 Å². The number of pyridine rings is 1. The smallest absolute Gasteiger partial charge is 0.161 e. The number of benzene rings is 2. The Morgan fingerprint density at radius 1 is 0.812 bits per heavy atom. The Bertz CT molecular complexity index is 1460. The highest BCUT2D eigenvalue weighted by atomic mass is 19.2. The minimum absolute atomic E-state index is 0.00247. The number of aromatic nitrogens is 5. The molecule has 5 rings (SSSR count). The lowest BCUT2D eigenvalue weighted by atomic mass is 10.1. The van der Waals surface area contributed by atoms with Gasteiger partial charge >= 0.3 is 0 Å². The van der Waals surface area contributed by atoms with E-state index in [0.29, 0.717) is 34.5 Å². The van der Waals surface area contributed by atoms with Crippen LogP contribution in [-0.2, 0) is 6.42 Å². The maximum atomic E-state index is 14.2. The quantitative estimate of drug-likeness (QED) is 0.387. The second-order valence-electron chi connectivity index (χ2n) is 7.37. The van der Waals surface area contributed by atoms with Crippen LogP contribution in [-0.4, -0.2) is 24.9 Å². The number of H-pyrrole nitrogens is 1. The maximum absolute atomic E-state index is 14.2. The van der Waals surface area contributed by atoms with Gasteiger partial charge in [0.25, 0.3) is 0 Å². The van der Waals surface area contributed by atoms with Crippen LogP contribution in [0.3, 0.4) is 0 Å². The minimum Gasteiger partial charge on any atom is -0.340 e. The Morgan fingerprint density at radius 3 is 2.41 bits per heavy atom. The van der Waals surface area contributed by atoms with Crippen molar-refractivity contribution >= 4 is 11.0 Å². The third-order valence-electron chi connectivity index (χ3n) is 5.09. The molecule has 158 valence electrons. The molecule has 5 nitrogen and oxygen atoms in total. The molecule has 0 amide bonds. The second kappa shape index (κ2) is 7.88. The van der Waals surface area contributed by atoms with E-state index in [9.17, 15) is 13.2 Å². The Balaban J connectivity index is 1.64. The number of nitrogens with zero attached hydrogens (tertiary/aromatic N) is 4. The molecule has 5 aromatic rings. The number of aromatic amines is 1. The molecule has 0 radical (unpaired) electrons. The summed E-state index contributed by atoms with van der Waals surface area (Å²) < 4.78 is 41.2. The molecular formula is C24H16F3N5. The Hall–Kier alpha value is -4.07. The van der Waals surface area contributed by atoms with Crippen LogP contribution in [0.4, 0.5) is 13.2 Å². The maximum Gasteiger partial charge on any atom is 0.161 e. The van der Waals surface area contributed by atoms with E-state index in [-0.39, 0.29) is 12.0 Å². The standard InChI is InChI=1S/C24H16F3N5/c1-13-3-2-4-20(30-13)24-23(14-5-6-19-21(10-14)29-8-7-28-19)31-22(32-24)11-15-9-17(26)18(27)12-16(15)25/h2-10,12H,11H2,1H3,(H,31,32). The van der Waals surface area contributed by atoms with Crippen LogP contribution in [0, 0.1) is 24.4 Å². The number of hydrogen-bond donors (Lipinski definition) is 1. The van der Waals surface area contributed by atoms with Gasteiger partial charge in [-0.2, -0.15) is 0 Å². The largest absolute Gasteiger partial charge is 0.340 e. The summed E-state index contributed by atoms with van der Waals surface area (Å²) in [5.74, 6) is -2.78. The Labute approximate surface area is 181 Å². The summed E-state index contributed by atoms with van der Waals surface area (Å²) in [5.41, 5.74) is 4.91. The summed E-state index contributed by atoms with van der Waals surface area (Å²) in [4.78, 5) is 21.0. The van der Waals surface area contributed by atoms with Gasteiger partial charge in [0.1, 0.15) is 11.6 Å². The lowest BCUT2D eigenvalue weighted by Gasteiger charge is -2.04. The molecular weight excluding hydrogens is 415 g/mol. The van der Waals surface area contributed by atoms with E-state index >= 15 is 0 Å². The first-order valence-electron chi connectivity index (χ1n) is 9.85. The van der Waals surface area contributed by atoms with E-state index in [1.54, 1.807) is 12.4 Å². The van der Waals surface area contributed by atoms with E-state index in [4.69, 9.17) is 0 Å². The summed E-state index contributed by atoms with van der Waals surface area (Å²) in [5, 5.41) is 0. The zero-order valence-corrected chi connectivity index (χ0v) is 16.9. The first kappa shape index (κ1) is 19.9. The first-order chi connectivity index (χ1) is 15.5. The van der Waals surface area contributed by atoms with Crippen molar-refractivity contribution in [3.63, 3.8) is 0 Å². The van der Waals surface area contributed by atoms with Gasteiger partial charge in [0.05, 0.1) is 28.1 Å². The van der Waals surface area contributed by atoms with Gasteiger partial charge in [-0.05, 0) is 42.8 Å². The predicted molar refractivity (Wildman–Crippen MR) is 114 cm³/mol. The van der Waals surface area contributed by atoms with Crippen LogP contribution in [0.15, 0.2) is 60.9 Å². The fraction of sp³-hybridized carbons (Fsp3) is 0.0833. The number of nitrogens with one attached hydrogen (secondary N) is 1. The average molecular weight is 431 g/mol. The van der Waals surface area contributed by atoms with Gasteiger partial charge < -0.3 is 4.98 Å². The number of imidazole rings is 1. The summed E-state index contributed by atoms with van der Waals surface area (Å²) in [6.45, 7) is 1.88. The summed E-state index contributed by atoms with van der Waals surface area (Å²) in [6, 6.07) is 12.6. The highest BCUT2D eigenvalue weighted by molar-refractivity contribution is 5.84. The van der Waals surface area contributed by atoms with E-state index in [2.05, 4.69) is 24.9 Å². The Kier molecular flexibility index (Phi) is 4.89. The van der Waals surface area contributed by atoms with Crippen LogP contribution in [0.25, 0.3) is 33.7 Å². The van der Waals surface area contributed by atoms with Gasteiger partial charge in [0.2, 0.25) is 0 Å². The molecule has 0 aliphatic rings. The molecule has 0 spiro atoms. The molecule has 0 aliphatic carbocycles. The van der Waals surface area contributed by atoms with Gasteiger partial charge in [-0.1, -0.05) is 12.1 Å². The monoisotopic (exact) mass is 431 g/mol. The predicted octanol–water partition coefficient (Wildman–Crippen LogP) is 5.40. The highest BCUT2D eigenvalue weighted by Gasteiger charge is 2.18. The molecule has 0 saturated heterocycles. The van der Waals surface area contributed by atoms with E-state index < -0.39 is 17.5 Å². The average Bonchev–Trinajstić information content (AvgIpc) is 3.21. The molecule has 32 heavy (non-hydrogen) atoms. The van der Waals surface area contributed by atoms with Crippen molar-refractivity contribution in [1.82, 2.24) is 24.9 Å². The second-order valence-corrected chi connectivity index (χ2v) is 7.37. The first-order valence-corrected chi connectivity index (χ1v) is 9.85. The summed E-state index contributed by atoms with van der Waals surface area (Å²) in [7, 11) is 0. The SMILES string of the molecule is Cc1cccc(-c2[nH]c(Cc3cc(F)c(F)cc3F)nc2-c2ccc3nccnc3c2)n1. The number of fused-ring (bicyclic) bond motifs is 1. The van der Waals surface area contributed by atoms with Crippen molar-refractivity contribution in [3.05, 3.63) is 95.5 Å². The van der Waals surface area contributed by atoms with Crippen molar-refractivity contribution < 1.29 is 13.2 Å². The normalized spacial score (nSPS) is 11.2. The van der Waals surface area contributed by atoms with Gasteiger partial charge in [0, 0.05) is 36.1 Å². The molecule has 2 aromatic carbocycles. The number of aryl methyl sites for hydroxylation is 1. The third-order valence-corrected chi connectivity index (χ3v) is 5.09. The molecule has 0 bridgehead atoms. The van der Waals surface area contributed by atoms with Crippen LogP contribution >= 0.6 is 0 Å². The number of halogens is 3. The van der Waals surface area contributed by atoms with E-state index in [0.717, 1.165) is 22.8 Å². The van der Waals surface area contributed by atoms with Crippen molar-refractivity contribution in [3.8, 4) is 22.6 Å². The van der Waals surface area contributed by atoms with Crippen molar-refractivity contribution in [2.45, 2.75) is 13.3 Å². The summed E-state index contributed by atoms with van der Waals surface area (Å²) in [6.07, 6.45) is 3.18. The molecule has 8 heteroatoms. The van der Waals surface area contributed by atoms with Crippen LogP contribution < -0.4 is 0 Å². The van der Waals surface area contributed by atoms with Gasteiger partial charge in [-0.25, -0.2) is 18.2 Å². The van der Waals surface area contributed by atoms with Crippen molar-refractivity contribution in [2.24, 2.45) is 0 Å². The highest BCUT2D eigenvalue weighted by Crippen LogP contribution is 2.31. The van der Waals surface area contributed by atoms with E-state index in [1.807, 2.05) is 43.3 Å². The fourth-order valence-electron chi connectivity index (χ4n) is 3.57.